The second-order valence-corrected chi connectivity index (χ2v) is 13.8. The standard InChI is InChI=1S/C50H32N2/c1-32-39-14-6-7-17-43(39)44-27-24-37(30-46(32)44)51(36-23-26-41-35(29-36)22-21-34-12-2-4-15-40(34)41)38-25-28-50-47(31-38)45-18-8-9-19-49(45)52(50)48-20-10-13-33-11-3-5-16-42(33)48/h2-31H,1H2. The van der Waals surface area contributed by atoms with Gasteiger partial charge >= 0.3 is 0 Å². The third kappa shape index (κ3) is 4.19. The van der Waals surface area contributed by atoms with Crippen molar-refractivity contribution >= 4 is 76.8 Å². The molecule has 2 nitrogen and oxygen atoms in total. The van der Waals surface area contributed by atoms with Gasteiger partial charge in [0.2, 0.25) is 0 Å². The zero-order chi connectivity index (χ0) is 34.3. The quantitative estimate of drug-likeness (QED) is 0.171. The number of aromatic nitrogens is 1. The fourth-order valence-corrected chi connectivity index (χ4v) is 8.63. The van der Waals surface area contributed by atoms with Crippen molar-refractivity contribution in [3.05, 3.63) is 200 Å². The molecule has 0 N–H and O–H groups in total. The maximum absolute atomic E-state index is 4.56. The molecule has 2 heteroatoms. The second-order valence-electron chi connectivity index (χ2n) is 13.8. The van der Waals surface area contributed by atoms with Gasteiger partial charge in [-0.3, -0.25) is 0 Å². The summed E-state index contributed by atoms with van der Waals surface area (Å²) in [6, 6.07) is 66.5. The van der Waals surface area contributed by atoms with Crippen LogP contribution in [0.4, 0.5) is 17.1 Å². The number of benzene rings is 9. The van der Waals surface area contributed by atoms with Crippen molar-refractivity contribution in [2.45, 2.75) is 0 Å². The Hall–Kier alpha value is -6.90. The van der Waals surface area contributed by atoms with Gasteiger partial charge in [-0.1, -0.05) is 134 Å². The lowest BCUT2D eigenvalue weighted by Crippen LogP contribution is -2.10. The molecule has 52 heavy (non-hydrogen) atoms. The minimum absolute atomic E-state index is 1.07. The van der Waals surface area contributed by atoms with Crippen molar-refractivity contribution in [3.8, 4) is 16.8 Å². The largest absolute Gasteiger partial charge is 0.310 e. The maximum Gasteiger partial charge on any atom is 0.0542 e. The first-order valence-corrected chi connectivity index (χ1v) is 17.9. The Balaban J connectivity index is 1.15. The fourth-order valence-electron chi connectivity index (χ4n) is 8.63. The molecule has 9 aromatic carbocycles. The Morgan fingerprint density at radius 3 is 1.81 bits per heavy atom. The molecule has 0 aliphatic heterocycles. The summed E-state index contributed by atoms with van der Waals surface area (Å²) in [4.78, 5) is 2.41. The van der Waals surface area contributed by atoms with Gasteiger partial charge in [0, 0.05) is 33.2 Å². The predicted octanol–water partition coefficient (Wildman–Crippen LogP) is 13.8. The molecular weight excluding hydrogens is 629 g/mol. The topological polar surface area (TPSA) is 8.17 Å². The molecule has 242 valence electrons. The summed E-state index contributed by atoms with van der Waals surface area (Å²) in [7, 11) is 0. The van der Waals surface area contributed by atoms with Crippen LogP contribution in [-0.2, 0) is 0 Å². The third-order valence-electron chi connectivity index (χ3n) is 11.0. The Morgan fingerprint density at radius 1 is 0.346 bits per heavy atom. The van der Waals surface area contributed by atoms with Crippen LogP contribution in [0.25, 0.3) is 76.5 Å². The molecule has 0 bridgehead atoms. The second kappa shape index (κ2) is 11.1. The van der Waals surface area contributed by atoms with E-state index in [1.165, 1.54) is 82.1 Å². The van der Waals surface area contributed by atoms with Crippen LogP contribution in [0.5, 0.6) is 0 Å². The lowest BCUT2D eigenvalue weighted by Gasteiger charge is -2.27. The summed E-state index contributed by atoms with van der Waals surface area (Å²) < 4.78 is 2.43. The van der Waals surface area contributed by atoms with Gasteiger partial charge in [0.25, 0.3) is 0 Å². The number of fused-ring (bicyclic) bond motifs is 10. The number of para-hydroxylation sites is 1. The van der Waals surface area contributed by atoms with Crippen molar-refractivity contribution in [1.29, 1.82) is 0 Å². The number of hydrogen-bond acceptors (Lipinski definition) is 1. The highest BCUT2D eigenvalue weighted by molar-refractivity contribution is 6.13. The molecule has 0 radical (unpaired) electrons. The summed E-state index contributed by atoms with van der Waals surface area (Å²) in [5.41, 5.74) is 12.8. The molecule has 11 rings (SSSR count). The molecule has 0 saturated carbocycles. The molecule has 0 amide bonds. The normalized spacial score (nSPS) is 12.3. The molecule has 0 spiro atoms. The highest BCUT2D eigenvalue weighted by Crippen LogP contribution is 2.47. The zero-order valence-corrected chi connectivity index (χ0v) is 28.4. The number of hydrogen-bond donors (Lipinski definition) is 0. The van der Waals surface area contributed by atoms with Crippen molar-refractivity contribution in [3.63, 3.8) is 0 Å². The first kappa shape index (κ1) is 28.9. The summed E-state index contributed by atoms with van der Waals surface area (Å²) in [6.07, 6.45) is 0. The van der Waals surface area contributed by atoms with Gasteiger partial charge in [-0.2, -0.15) is 0 Å². The van der Waals surface area contributed by atoms with Gasteiger partial charge in [-0.25, -0.2) is 0 Å². The van der Waals surface area contributed by atoms with Crippen LogP contribution >= 0.6 is 0 Å². The van der Waals surface area contributed by atoms with Gasteiger partial charge in [0.05, 0.1) is 16.7 Å². The molecule has 0 unspecified atom stereocenters. The zero-order valence-electron chi connectivity index (χ0n) is 28.4. The van der Waals surface area contributed by atoms with E-state index in [4.69, 9.17) is 0 Å². The van der Waals surface area contributed by atoms with E-state index in [2.05, 4.69) is 198 Å². The Labute approximate surface area is 301 Å². The minimum atomic E-state index is 1.07. The molecule has 1 aromatic heterocycles. The summed E-state index contributed by atoms with van der Waals surface area (Å²) >= 11 is 0. The van der Waals surface area contributed by atoms with Crippen LogP contribution in [0.3, 0.4) is 0 Å². The summed E-state index contributed by atoms with van der Waals surface area (Å²) in [5.74, 6) is 0. The first-order chi connectivity index (χ1) is 25.7. The first-order valence-electron chi connectivity index (χ1n) is 17.9. The van der Waals surface area contributed by atoms with Gasteiger partial charge in [0.1, 0.15) is 0 Å². The minimum Gasteiger partial charge on any atom is -0.310 e. The number of nitrogens with zero attached hydrogens (tertiary/aromatic N) is 2. The number of rotatable bonds is 4. The smallest absolute Gasteiger partial charge is 0.0542 e. The molecule has 1 aliphatic carbocycles. The van der Waals surface area contributed by atoms with E-state index in [0.717, 1.165) is 22.6 Å². The van der Waals surface area contributed by atoms with E-state index in [-0.39, 0.29) is 0 Å². The van der Waals surface area contributed by atoms with E-state index >= 15 is 0 Å². The van der Waals surface area contributed by atoms with E-state index in [1.54, 1.807) is 0 Å². The van der Waals surface area contributed by atoms with Crippen molar-refractivity contribution < 1.29 is 0 Å². The lowest BCUT2D eigenvalue weighted by molar-refractivity contribution is 1.20. The van der Waals surface area contributed by atoms with Gasteiger partial charge in [0.15, 0.2) is 0 Å². The van der Waals surface area contributed by atoms with Gasteiger partial charge < -0.3 is 9.47 Å². The average Bonchev–Trinajstić information content (AvgIpc) is 3.68. The Morgan fingerprint density at radius 2 is 0.923 bits per heavy atom. The van der Waals surface area contributed by atoms with Gasteiger partial charge in [-0.05, 0) is 109 Å². The van der Waals surface area contributed by atoms with Crippen LogP contribution < -0.4 is 4.90 Å². The van der Waals surface area contributed by atoms with E-state index in [9.17, 15) is 0 Å². The van der Waals surface area contributed by atoms with Crippen LogP contribution in [0.2, 0.25) is 0 Å². The van der Waals surface area contributed by atoms with Crippen LogP contribution in [0, 0.1) is 0 Å². The summed E-state index contributed by atoms with van der Waals surface area (Å²) in [6.45, 7) is 4.56. The average molecular weight is 661 g/mol. The Kier molecular flexibility index (Phi) is 6.14. The Bertz CT molecular complexity index is 3100. The molecule has 0 saturated heterocycles. The third-order valence-corrected chi connectivity index (χ3v) is 11.0. The van der Waals surface area contributed by atoms with E-state index < -0.39 is 0 Å². The molecular formula is C50H32N2. The molecule has 10 aromatic rings. The molecule has 0 atom stereocenters. The van der Waals surface area contributed by atoms with E-state index in [1.807, 2.05) is 0 Å². The molecule has 1 aliphatic rings. The number of anilines is 3. The maximum atomic E-state index is 4.56. The fraction of sp³-hybridized carbons (Fsp3) is 0. The molecule has 1 heterocycles. The SMILES string of the molecule is C=C1c2ccccc2-c2ccc(N(c3ccc4c(ccc5ccccc54)c3)c3ccc4c(c3)c3ccccc3n4-c3cccc4ccccc34)cc21. The van der Waals surface area contributed by atoms with Gasteiger partial charge in [-0.15, -0.1) is 0 Å². The van der Waals surface area contributed by atoms with Crippen molar-refractivity contribution in [1.82, 2.24) is 4.57 Å². The predicted molar refractivity (Wildman–Crippen MR) is 222 cm³/mol. The highest BCUT2D eigenvalue weighted by Gasteiger charge is 2.24. The van der Waals surface area contributed by atoms with Crippen LogP contribution in [0.1, 0.15) is 11.1 Å². The van der Waals surface area contributed by atoms with Crippen LogP contribution in [-0.4, -0.2) is 4.57 Å². The lowest BCUT2D eigenvalue weighted by atomic mass is 10.0. The summed E-state index contributed by atoms with van der Waals surface area (Å²) in [5, 5.41) is 9.92. The highest BCUT2D eigenvalue weighted by atomic mass is 15.1. The van der Waals surface area contributed by atoms with Crippen molar-refractivity contribution in [2.24, 2.45) is 0 Å². The molecule has 0 fully saturated rings. The monoisotopic (exact) mass is 660 g/mol. The van der Waals surface area contributed by atoms with Crippen LogP contribution in [0.15, 0.2) is 189 Å². The van der Waals surface area contributed by atoms with Crippen molar-refractivity contribution in [2.75, 3.05) is 4.90 Å². The van der Waals surface area contributed by atoms with E-state index in [0.29, 0.717) is 0 Å².